The minimum absolute atomic E-state index is 0.117. The maximum absolute atomic E-state index is 12.3. The molecule has 0 unspecified atom stereocenters. The first-order valence-electron chi connectivity index (χ1n) is 6.94. The van der Waals surface area contributed by atoms with E-state index in [4.69, 9.17) is 4.42 Å². The molecule has 1 aromatic heterocycles. The van der Waals surface area contributed by atoms with Crippen LogP contribution in [0.2, 0.25) is 0 Å². The van der Waals surface area contributed by atoms with Gasteiger partial charge in [-0.2, -0.15) is 0 Å². The van der Waals surface area contributed by atoms with Crippen molar-refractivity contribution in [3.05, 3.63) is 47.2 Å². The molecule has 1 aromatic carbocycles. The molecular formula is C15H19N3O4S. The molecule has 1 heterocycles. The Hall–Kier alpha value is -2.19. The van der Waals surface area contributed by atoms with Crippen molar-refractivity contribution in [2.24, 2.45) is 0 Å². The minimum Gasteiger partial charge on any atom is -0.446 e. The Morgan fingerprint density at radius 1 is 1.30 bits per heavy atom. The summed E-state index contributed by atoms with van der Waals surface area (Å²) in [5.74, 6) is 0.183. The number of aryl methyl sites for hydroxylation is 2. The molecular weight excluding hydrogens is 318 g/mol. The van der Waals surface area contributed by atoms with Crippen molar-refractivity contribution in [3.63, 3.8) is 0 Å². The molecule has 23 heavy (non-hydrogen) atoms. The van der Waals surface area contributed by atoms with Crippen molar-refractivity contribution < 1.29 is 17.6 Å². The van der Waals surface area contributed by atoms with Gasteiger partial charge in [-0.25, -0.2) is 17.7 Å². The van der Waals surface area contributed by atoms with Crippen molar-refractivity contribution in [1.29, 1.82) is 0 Å². The second kappa shape index (κ2) is 6.51. The Morgan fingerprint density at radius 3 is 2.57 bits per heavy atom. The Balaban J connectivity index is 2.24. The number of nitrogens with one attached hydrogen (secondary N) is 1. The van der Waals surface area contributed by atoms with Crippen molar-refractivity contribution in [2.75, 3.05) is 14.1 Å². The molecule has 124 valence electrons. The van der Waals surface area contributed by atoms with Crippen LogP contribution in [0.1, 0.15) is 27.4 Å². The van der Waals surface area contributed by atoms with E-state index in [1.165, 1.54) is 26.6 Å². The lowest BCUT2D eigenvalue weighted by molar-refractivity contribution is 0.0947. The van der Waals surface area contributed by atoms with Gasteiger partial charge in [-0.3, -0.25) is 4.79 Å². The number of nitrogens with zero attached hydrogens (tertiary/aromatic N) is 2. The monoisotopic (exact) mass is 337 g/mol. The average molecular weight is 337 g/mol. The fourth-order valence-corrected chi connectivity index (χ4v) is 3.12. The van der Waals surface area contributed by atoms with E-state index in [2.05, 4.69) is 10.3 Å². The van der Waals surface area contributed by atoms with Crippen molar-refractivity contribution in [1.82, 2.24) is 14.6 Å². The quantitative estimate of drug-likeness (QED) is 0.892. The molecule has 2 rings (SSSR count). The standard InChI is InChI=1S/C15H19N3O4S/c1-10-5-6-12(7-14(10)23(20,21)18(3)4)15(19)16-8-13-11(2)17-9-22-13/h5-7,9H,8H2,1-4H3,(H,16,19). The molecule has 0 atom stereocenters. The topological polar surface area (TPSA) is 92.5 Å². The number of hydrogen-bond acceptors (Lipinski definition) is 5. The molecule has 1 N–H and O–H groups in total. The van der Waals surface area contributed by atoms with Crippen LogP contribution in [0, 0.1) is 13.8 Å². The van der Waals surface area contributed by atoms with Crippen LogP contribution in [-0.2, 0) is 16.6 Å². The molecule has 0 aliphatic heterocycles. The molecule has 0 aliphatic carbocycles. The lowest BCUT2D eigenvalue weighted by atomic mass is 10.1. The lowest BCUT2D eigenvalue weighted by Crippen LogP contribution is -2.25. The van der Waals surface area contributed by atoms with E-state index in [0.29, 0.717) is 17.0 Å². The van der Waals surface area contributed by atoms with Crippen molar-refractivity contribution in [3.8, 4) is 0 Å². The van der Waals surface area contributed by atoms with Gasteiger partial charge in [-0.1, -0.05) is 6.07 Å². The fraction of sp³-hybridized carbons (Fsp3) is 0.333. The van der Waals surface area contributed by atoms with E-state index < -0.39 is 10.0 Å². The third-order valence-corrected chi connectivity index (χ3v) is 5.42. The van der Waals surface area contributed by atoms with Gasteiger partial charge < -0.3 is 9.73 Å². The molecule has 8 heteroatoms. The average Bonchev–Trinajstić information content (AvgIpc) is 2.90. The van der Waals surface area contributed by atoms with Gasteiger partial charge in [0, 0.05) is 19.7 Å². The highest BCUT2D eigenvalue weighted by molar-refractivity contribution is 7.89. The summed E-state index contributed by atoms with van der Waals surface area (Å²) in [6.45, 7) is 3.66. The molecule has 0 bridgehead atoms. The third-order valence-electron chi connectivity index (χ3n) is 3.46. The molecule has 1 amide bonds. The molecule has 0 saturated heterocycles. The summed E-state index contributed by atoms with van der Waals surface area (Å²) >= 11 is 0. The van der Waals surface area contributed by atoms with Crippen molar-refractivity contribution in [2.45, 2.75) is 25.3 Å². The van der Waals surface area contributed by atoms with Crippen LogP contribution < -0.4 is 5.32 Å². The summed E-state index contributed by atoms with van der Waals surface area (Å²) < 4.78 is 30.8. The zero-order valence-corrected chi connectivity index (χ0v) is 14.3. The van der Waals surface area contributed by atoms with Crippen LogP contribution in [0.4, 0.5) is 0 Å². The molecule has 0 radical (unpaired) electrons. The highest BCUT2D eigenvalue weighted by Gasteiger charge is 2.21. The number of carbonyl (C=O) groups is 1. The van der Waals surface area contributed by atoms with Crippen LogP contribution in [0.25, 0.3) is 0 Å². The van der Waals surface area contributed by atoms with Gasteiger partial charge in [-0.05, 0) is 31.5 Å². The zero-order chi connectivity index (χ0) is 17.2. The first-order chi connectivity index (χ1) is 10.7. The lowest BCUT2D eigenvalue weighted by Gasteiger charge is -2.14. The van der Waals surface area contributed by atoms with E-state index in [-0.39, 0.29) is 22.9 Å². The van der Waals surface area contributed by atoms with E-state index in [0.717, 1.165) is 4.31 Å². The van der Waals surface area contributed by atoms with E-state index in [1.54, 1.807) is 26.0 Å². The van der Waals surface area contributed by atoms with Gasteiger partial charge in [0.25, 0.3) is 5.91 Å². The predicted octanol–water partition coefficient (Wildman–Crippen LogP) is 1.47. The number of rotatable bonds is 5. The number of sulfonamides is 1. The van der Waals surface area contributed by atoms with Gasteiger partial charge in [0.2, 0.25) is 10.0 Å². The minimum atomic E-state index is -3.60. The second-order valence-electron chi connectivity index (χ2n) is 5.31. The maximum atomic E-state index is 12.3. The van der Waals surface area contributed by atoms with Crippen LogP contribution in [0.5, 0.6) is 0 Å². The van der Waals surface area contributed by atoms with Crippen molar-refractivity contribution >= 4 is 15.9 Å². The Morgan fingerprint density at radius 2 is 2.00 bits per heavy atom. The Labute approximate surface area is 135 Å². The van der Waals surface area contributed by atoms with E-state index >= 15 is 0 Å². The summed E-state index contributed by atoms with van der Waals surface area (Å²) in [5, 5.41) is 2.69. The van der Waals surface area contributed by atoms with Gasteiger partial charge in [-0.15, -0.1) is 0 Å². The maximum Gasteiger partial charge on any atom is 0.251 e. The molecule has 0 fully saturated rings. The van der Waals surface area contributed by atoms with Crippen LogP contribution in [-0.4, -0.2) is 37.7 Å². The number of aromatic nitrogens is 1. The number of carbonyl (C=O) groups excluding carboxylic acids is 1. The summed E-state index contributed by atoms with van der Waals surface area (Å²) in [7, 11) is -0.698. The molecule has 7 nitrogen and oxygen atoms in total. The molecule has 2 aromatic rings. The first kappa shape index (κ1) is 17.2. The smallest absolute Gasteiger partial charge is 0.251 e. The van der Waals surface area contributed by atoms with Gasteiger partial charge >= 0.3 is 0 Å². The van der Waals surface area contributed by atoms with Gasteiger partial charge in [0.15, 0.2) is 6.39 Å². The van der Waals surface area contributed by atoms with Crippen LogP contribution in [0.15, 0.2) is 33.9 Å². The molecule has 0 spiro atoms. The van der Waals surface area contributed by atoms with Crippen LogP contribution >= 0.6 is 0 Å². The third kappa shape index (κ3) is 3.59. The summed E-state index contributed by atoms with van der Waals surface area (Å²) in [4.78, 5) is 16.3. The Bertz CT molecular complexity index is 825. The molecule has 0 aliphatic rings. The highest BCUT2D eigenvalue weighted by Crippen LogP contribution is 2.20. The normalized spacial score (nSPS) is 11.7. The SMILES string of the molecule is Cc1ccc(C(=O)NCc2ocnc2C)cc1S(=O)(=O)N(C)C. The van der Waals surface area contributed by atoms with Gasteiger partial charge in [0.1, 0.15) is 5.76 Å². The summed E-state index contributed by atoms with van der Waals surface area (Å²) in [5.41, 5.74) is 1.56. The predicted molar refractivity (Wildman–Crippen MR) is 84.5 cm³/mol. The summed E-state index contributed by atoms with van der Waals surface area (Å²) in [6.07, 6.45) is 1.31. The zero-order valence-electron chi connectivity index (χ0n) is 13.5. The summed E-state index contributed by atoms with van der Waals surface area (Å²) in [6, 6.07) is 4.59. The second-order valence-corrected chi connectivity index (χ2v) is 7.43. The van der Waals surface area contributed by atoms with Crippen LogP contribution in [0.3, 0.4) is 0 Å². The first-order valence-corrected chi connectivity index (χ1v) is 8.38. The van der Waals surface area contributed by atoms with E-state index in [1.807, 2.05) is 0 Å². The fourth-order valence-electron chi connectivity index (χ4n) is 1.97. The largest absolute Gasteiger partial charge is 0.446 e. The number of amides is 1. The highest BCUT2D eigenvalue weighted by atomic mass is 32.2. The number of benzene rings is 1. The number of hydrogen-bond donors (Lipinski definition) is 1. The molecule has 0 saturated carbocycles. The van der Waals surface area contributed by atoms with E-state index in [9.17, 15) is 13.2 Å². The Kier molecular flexibility index (Phi) is 4.86. The van der Waals surface area contributed by atoms with Gasteiger partial charge in [0.05, 0.1) is 17.1 Å². The number of oxazole rings is 1.